The Morgan fingerprint density at radius 1 is 1.14 bits per heavy atom. The number of aliphatic hydroxyl groups is 1. The van der Waals surface area contributed by atoms with E-state index in [0.717, 1.165) is 19.3 Å². The van der Waals surface area contributed by atoms with Crippen LogP contribution in [0.1, 0.15) is 51.9 Å². The monoisotopic (exact) mass is 247 g/mol. The van der Waals surface area contributed by atoms with Crippen molar-refractivity contribution in [1.29, 1.82) is 0 Å². The van der Waals surface area contributed by atoms with Crippen LogP contribution >= 0.6 is 0 Å². The van der Waals surface area contributed by atoms with Crippen LogP contribution in [0.15, 0.2) is 0 Å². The van der Waals surface area contributed by atoms with Crippen LogP contribution < -0.4 is 0 Å². The minimum Gasteiger partial charge on any atom is -0.479 e. The zero-order valence-electron chi connectivity index (χ0n) is 8.66. The SMILES string of the molecule is CCCCCCCCC(O)C(=O)O.[Co]. The number of rotatable bonds is 8. The first kappa shape index (κ1) is 16.4. The molecule has 0 bridgehead atoms. The maximum atomic E-state index is 10.2. The largest absolute Gasteiger partial charge is 0.479 e. The summed E-state index contributed by atoms with van der Waals surface area (Å²) in [6.45, 7) is 2.16. The van der Waals surface area contributed by atoms with Crippen molar-refractivity contribution < 1.29 is 31.8 Å². The van der Waals surface area contributed by atoms with Crippen molar-refractivity contribution in [3.05, 3.63) is 0 Å². The molecule has 0 aliphatic rings. The normalized spacial score (nSPS) is 11.9. The standard InChI is InChI=1S/C10H20O3.Co/c1-2-3-4-5-6-7-8-9(11)10(12)13;/h9,11H,2-8H2,1H3,(H,12,13);. The Morgan fingerprint density at radius 3 is 2.14 bits per heavy atom. The van der Waals surface area contributed by atoms with E-state index in [4.69, 9.17) is 10.2 Å². The van der Waals surface area contributed by atoms with Gasteiger partial charge >= 0.3 is 5.97 Å². The molecule has 0 saturated heterocycles. The van der Waals surface area contributed by atoms with Gasteiger partial charge in [0.2, 0.25) is 0 Å². The van der Waals surface area contributed by atoms with Gasteiger partial charge in [0.15, 0.2) is 6.10 Å². The molecule has 0 aliphatic heterocycles. The van der Waals surface area contributed by atoms with E-state index in [0.29, 0.717) is 6.42 Å². The molecule has 0 amide bonds. The van der Waals surface area contributed by atoms with E-state index >= 15 is 0 Å². The van der Waals surface area contributed by atoms with E-state index in [1.807, 2.05) is 0 Å². The Bertz CT molecular complexity index is 139. The quantitative estimate of drug-likeness (QED) is 0.646. The summed E-state index contributed by atoms with van der Waals surface area (Å²) < 4.78 is 0. The van der Waals surface area contributed by atoms with E-state index in [1.54, 1.807) is 0 Å². The topological polar surface area (TPSA) is 57.5 Å². The van der Waals surface area contributed by atoms with Gasteiger partial charge in [-0.3, -0.25) is 0 Å². The Labute approximate surface area is 96.1 Å². The Kier molecular flexibility index (Phi) is 12.9. The van der Waals surface area contributed by atoms with Gasteiger partial charge in [0.25, 0.3) is 0 Å². The van der Waals surface area contributed by atoms with Crippen LogP contribution in [0.4, 0.5) is 0 Å². The van der Waals surface area contributed by atoms with Crippen LogP contribution in [0.5, 0.6) is 0 Å². The smallest absolute Gasteiger partial charge is 0.332 e. The average molecular weight is 247 g/mol. The molecule has 3 nitrogen and oxygen atoms in total. The number of hydrogen-bond acceptors (Lipinski definition) is 2. The second-order valence-corrected chi connectivity index (χ2v) is 3.41. The fraction of sp³-hybridized carbons (Fsp3) is 0.900. The zero-order valence-corrected chi connectivity index (χ0v) is 9.70. The van der Waals surface area contributed by atoms with Crippen LogP contribution in [0.3, 0.4) is 0 Å². The van der Waals surface area contributed by atoms with E-state index < -0.39 is 12.1 Å². The van der Waals surface area contributed by atoms with Gasteiger partial charge in [0, 0.05) is 16.8 Å². The molecule has 0 aliphatic carbocycles. The van der Waals surface area contributed by atoms with Gasteiger partial charge in [-0.15, -0.1) is 0 Å². The minimum absolute atomic E-state index is 0. The van der Waals surface area contributed by atoms with Crippen LogP contribution in [0, 0.1) is 0 Å². The Hall–Kier alpha value is -0.0635. The Morgan fingerprint density at radius 2 is 1.64 bits per heavy atom. The van der Waals surface area contributed by atoms with Gasteiger partial charge < -0.3 is 10.2 Å². The molecule has 1 unspecified atom stereocenters. The third kappa shape index (κ3) is 10.0. The van der Waals surface area contributed by atoms with Crippen molar-refractivity contribution in [2.24, 2.45) is 0 Å². The molecule has 1 radical (unpaired) electrons. The number of carboxylic acids is 1. The molecule has 2 N–H and O–H groups in total. The van der Waals surface area contributed by atoms with Crippen molar-refractivity contribution in [3.63, 3.8) is 0 Å². The summed E-state index contributed by atoms with van der Waals surface area (Å²) in [5.41, 5.74) is 0. The molecular weight excluding hydrogens is 227 g/mol. The fourth-order valence-corrected chi connectivity index (χ4v) is 1.24. The molecule has 0 rings (SSSR count). The van der Waals surface area contributed by atoms with Crippen LogP contribution in [-0.4, -0.2) is 22.3 Å². The average Bonchev–Trinajstić information content (AvgIpc) is 2.10. The van der Waals surface area contributed by atoms with Gasteiger partial charge in [-0.25, -0.2) is 4.79 Å². The molecule has 4 heteroatoms. The molecule has 0 spiro atoms. The molecule has 0 heterocycles. The summed E-state index contributed by atoms with van der Waals surface area (Å²) in [6.07, 6.45) is 5.92. The van der Waals surface area contributed by atoms with Gasteiger partial charge in [0.05, 0.1) is 0 Å². The molecule has 1 atom stereocenters. The second-order valence-electron chi connectivity index (χ2n) is 3.41. The van der Waals surface area contributed by atoms with Crippen LogP contribution in [0.25, 0.3) is 0 Å². The number of aliphatic hydroxyl groups excluding tert-OH is 1. The molecule has 0 aromatic rings. The first-order valence-corrected chi connectivity index (χ1v) is 5.09. The molecule has 0 aromatic heterocycles. The first-order chi connectivity index (χ1) is 6.18. The molecular formula is C10H20CoO3. The van der Waals surface area contributed by atoms with E-state index in [-0.39, 0.29) is 16.8 Å². The number of carboxylic acid groups (broad SMARTS) is 1. The maximum absolute atomic E-state index is 10.2. The second kappa shape index (κ2) is 11.0. The first-order valence-electron chi connectivity index (χ1n) is 5.09. The summed E-state index contributed by atoms with van der Waals surface area (Å²) in [5.74, 6) is -1.10. The number of hydrogen-bond donors (Lipinski definition) is 2. The van der Waals surface area contributed by atoms with Crippen molar-refractivity contribution in [1.82, 2.24) is 0 Å². The number of unbranched alkanes of at least 4 members (excludes halogenated alkanes) is 5. The van der Waals surface area contributed by atoms with Gasteiger partial charge in [0.1, 0.15) is 0 Å². The summed E-state index contributed by atoms with van der Waals surface area (Å²) in [6, 6.07) is 0. The number of aliphatic carboxylic acids is 1. The van der Waals surface area contributed by atoms with Crippen molar-refractivity contribution in [2.75, 3.05) is 0 Å². The Balaban J connectivity index is 0. The number of carbonyl (C=O) groups is 1. The van der Waals surface area contributed by atoms with E-state index in [1.165, 1.54) is 19.3 Å². The van der Waals surface area contributed by atoms with Crippen molar-refractivity contribution in [3.8, 4) is 0 Å². The van der Waals surface area contributed by atoms with Gasteiger partial charge in [-0.2, -0.15) is 0 Å². The van der Waals surface area contributed by atoms with Crippen molar-refractivity contribution in [2.45, 2.75) is 58.0 Å². The van der Waals surface area contributed by atoms with Gasteiger partial charge in [-0.1, -0.05) is 45.4 Å². The molecule has 87 valence electrons. The summed E-state index contributed by atoms with van der Waals surface area (Å²) in [4.78, 5) is 10.2. The fourth-order valence-electron chi connectivity index (χ4n) is 1.24. The predicted octanol–water partition coefficient (Wildman–Crippen LogP) is 2.18. The van der Waals surface area contributed by atoms with Gasteiger partial charge in [-0.05, 0) is 6.42 Å². The van der Waals surface area contributed by atoms with Crippen LogP contribution in [-0.2, 0) is 21.6 Å². The predicted molar refractivity (Wildman–Crippen MR) is 51.6 cm³/mol. The molecule has 14 heavy (non-hydrogen) atoms. The minimum atomic E-state index is -1.16. The summed E-state index contributed by atoms with van der Waals surface area (Å²) in [5, 5.41) is 17.3. The zero-order chi connectivity index (χ0) is 10.1. The summed E-state index contributed by atoms with van der Waals surface area (Å²) >= 11 is 0. The van der Waals surface area contributed by atoms with Crippen molar-refractivity contribution >= 4 is 5.97 Å². The molecule has 0 saturated carbocycles. The van der Waals surface area contributed by atoms with E-state index in [2.05, 4.69) is 6.92 Å². The maximum Gasteiger partial charge on any atom is 0.332 e. The third-order valence-corrected chi connectivity index (χ3v) is 2.12. The molecule has 0 fully saturated rings. The van der Waals surface area contributed by atoms with E-state index in [9.17, 15) is 4.79 Å². The molecule has 0 aromatic carbocycles. The third-order valence-electron chi connectivity index (χ3n) is 2.12. The summed E-state index contributed by atoms with van der Waals surface area (Å²) in [7, 11) is 0. The van der Waals surface area contributed by atoms with Crippen LogP contribution in [0.2, 0.25) is 0 Å².